The quantitative estimate of drug-likeness (QED) is 0.524. The maximum absolute atomic E-state index is 12.5. The predicted octanol–water partition coefficient (Wildman–Crippen LogP) is 3.23. The van der Waals surface area contributed by atoms with Gasteiger partial charge in [-0.1, -0.05) is 0 Å². The van der Waals surface area contributed by atoms with Crippen LogP contribution in [0.25, 0.3) is 0 Å². The van der Waals surface area contributed by atoms with Gasteiger partial charge >= 0.3 is 5.97 Å². The van der Waals surface area contributed by atoms with E-state index in [-0.39, 0.29) is 6.42 Å². The molecule has 174 valence electrons. The molecule has 32 heavy (non-hydrogen) atoms. The molecule has 0 saturated carbocycles. The molecule has 0 aromatic heterocycles. The molecule has 0 radical (unpaired) electrons. The standard InChI is InChI=1S/C23H29NO8/c1-14(23(26)24-17-13-16(27-2)8-9-18(17)28-3)32-21(25)10-7-15-11-19(29-4)22(31-6)20(12-15)30-5/h8-9,11-14H,7,10H2,1-6H3,(H,24,26). The average molecular weight is 447 g/mol. The van der Waals surface area contributed by atoms with Crippen molar-refractivity contribution in [1.29, 1.82) is 0 Å². The van der Waals surface area contributed by atoms with Crippen LogP contribution in [0.4, 0.5) is 5.69 Å². The first-order chi connectivity index (χ1) is 15.4. The second kappa shape index (κ2) is 11.7. The molecule has 0 spiro atoms. The molecule has 1 atom stereocenters. The molecule has 2 aromatic carbocycles. The molecule has 9 nitrogen and oxygen atoms in total. The van der Waals surface area contributed by atoms with E-state index in [1.807, 2.05) is 0 Å². The number of nitrogens with one attached hydrogen (secondary N) is 1. The number of hydrogen-bond acceptors (Lipinski definition) is 8. The van der Waals surface area contributed by atoms with Crippen LogP contribution in [0.3, 0.4) is 0 Å². The Morgan fingerprint density at radius 1 is 0.844 bits per heavy atom. The van der Waals surface area contributed by atoms with E-state index in [0.717, 1.165) is 5.56 Å². The summed E-state index contributed by atoms with van der Waals surface area (Å²) < 4.78 is 31.6. The Bertz CT molecular complexity index is 919. The van der Waals surface area contributed by atoms with Crippen molar-refractivity contribution in [2.24, 2.45) is 0 Å². The van der Waals surface area contributed by atoms with Gasteiger partial charge in [0.15, 0.2) is 17.6 Å². The Morgan fingerprint density at radius 3 is 2.00 bits per heavy atom. The zero-order valence-electron chi connectivity index (χ0n) is 19.1. The van der Waals surface area contributed by atoms with E-state index in [1.54, 1.807) is 30.3 Å². The minimum atomic E-state index is -1.00. The fourth-order valence-electron chi connectivity index (χ4n) is 2.98. The first kappa shape index (κ1) is 24.6. The lowest BCUT2D eigenvalue weighted by atomic mass is 10.1. The second-order valence-corrected chi connectivity index (χ2v) is 6.72. The first-order valence-electron chi connectivity index (χ1n) is 9.88. The highest BCUT2D eigenvalue weighted by molar-refractivity contribution is 5.96. The van der Waals surface area contributed by atoms with Crippen molar-refractivity contribution in [1.82, 2.24) is 0 Å². The Balaban J connectivity index is 1.98. The molecular weight excluding hydrogens is 418 g/mol. The summed E-state index contributed by atoms with van der Waals surface area (Å²) in [6, 6.07) is 8.53. The van der Waals surface area contributed by atoms with Crippen molar-refractivity contribution in [2.45, 2.75) is 25.9 Å². The topological polar surface area (TPSA) is 102 Å². The molecule has 0 aliphatic rings. The largest absolute Gasteiger partial charge is 0.497 e. The highest BCUT2D eigenvalue weighted by Gasteiger charge is 2.20. The number of hydrogen-bond donors (Lipinski definition) is 1. The summed E-state index contributed by atoms with van der Waals surface area (Å²) in [5.74, 6) is 1.47. The highest BCUT2D eigenvalue weighted by Crippen LogP contribution is 2.38. The molecule has 1 unspecified atom stereocenters. The van der Waals surface area contributed by atoms with Gasteiger partial charge in [-0.2, -0.15) is 0 Å². The van der Waals surface area contributed by atoms with E-state index in [1.165, 1.54) is 42.5 Å². The average Bonchev–Trinajstić information content (AvgIpc) is 2.81. The van der Waals surface area contributed by atoms with Crippen molar-refractivity contribution in [3.05, 3.63) is 35.9 Å². The Hall–Kier alpha value is -3.62. The number of benzene rings is 2. The SMILES string of the molecule is COc1ccc(OC)c(NC(=O)C(C)OC(=O)CCc2cc(OC)c(OC)c(OC)c2)c1. The number of amides is 1. The predicted molar refractivity (Wildman–Crippen MR) is 118 cm³/mol. The normalized spacial score (nSPS) is 11.2. The number of esters is 1. The van der Waals surface area contributed by atoms with Gasteiger partial charge < -0.3 is 33.7 Å². The second-order valence-electron chi connectivity index (χ2n) is 6.72. The van der Waals surface area contributed by atoms with Crippen LogP contribution in [0.5, 0.6) is 28.7 Å². The third kappa shape index (κ3) is 6.19. The zero-order chi connectivity index (χ0) is 23.7. The van der Waals surface area contributed by atoms with E-state index in [4.69, 9.17) is 28.4 Å². The lowest BCUT2D eigenvalue weighted by molar-refractivity contribution is -0.153. The molecule has 0 fully saturated rings. The van der Waals surface area contributed by atoms with Gasteiger partial charge in [0.25, 0.3) is 5.91 Å². The van der Waals surface area contributed by atoms with Crippen molar-refractivity contribution in [2.75, 3.05) is 40.9 Å². The van der Waals surface area contributed by atoms with Gasteiger partial charge in [0.1, 0.15) is 11.5 Å². The smallest absolute Gasteiger partial charge is 0.306 e. The lowest BCUT2D eigenvalue weighted by Gasteiger charge is -2.16. The van der Waals surface area contributed by atoms with E-state index in [0.29, 0.717) is 40.9 Å². The third-order valence-corrected chi connectivity index (χ3v) is 4.68. The number of aryl methyl sites for hydroxylation is 1. The monoisotopic (exact) mass is 447 g/mol. The number of anilines is 1. The fourth-order valence-corrected chi connectivity index (χ4v) is 2.98. The minimum absolute atomic E-state index is 0.0682. The molecule has 1 amide bonds. The number of rotatable bonds is 11. The van der Waals surface area contributed by atoms with Crippen LogP contribution in [-0.4, -0.2) is 53.5 Å². The van der Waals surface area contributed by atoms with Crippen LogP contribution in [0.1, 0.15) is 18.9 Å². The maximum Gasteiger partial charge on any atom is 0.306 e. The van der Waals surface area contributed by atoms with Gasteiger partial charge in [0.2, 0.25) is 5.75 Å². The van der Waals surface area contributed by atoms with Crippen LogP contribution in [0, 0.1) is 0 Å². The number of methoxy groups -OCH3 is 5. The maximum atomic E-state index is 12.5. The Labute approximate surface area is 187 Å². The van der Waals surface area contributed by atoms with Crippen LogP contribution < -0.4 is 29.0 Å². The lowest BCUT2D eigenvalue weighted by Crippen LogP contribution is -2.30. The summed E-state index contributed by atoms with van der Waals surface area (Å²) in [4.78, 5) is 24.8. The molecular formula is C23H29NO8. The number of carbonyl (C=O) groups excluding carboxylic acids is 2. The van der Waals surface area contributed by atoms with Crippen LogP contribution in [0.2, 0.25) is 0 Å². The molecule has 0 bridgehead atoms. The molecule has 9 heteroatoms. The van der Waals surface area contributed by atoms with Crippen molar-refractivity contribution in [3.63, 3.8) is 0 Å². The number of carbonyl (C=O) groups is 2. The summed E-state index contributed by atoms with van der Waals surface area (Å²) in [7, 11) is 7.57. The van der Waals surface area contributed by atoms with E-state index in [2.05, 4.69) is 5.32 Å². The van der Waals surface area contributed by atoms with E-state index < -0.39 is 18.0 Å². The van der Waals surface area contributed by atoms with Crippen molar-refractivity contribution in [3.8, 4) is 28.7 Å². The third-order valence-electron chi connectivity index (χ3n) is 4.68. The van der Waals surface area contributed by atoms with E-state index >= 15 is 0 Å². The summed E-state index contributed by atoms with van der Waals surface area (Å²) in [6.45, 7) is 1.50. The number of ether oxygens (including phenoxy) is 6. The van der Waals surface area contributed by atoms with Gasteiger partial charge in [-0.25, -0.2) is 0 Å². The van der Waals surface area contributed by atoms with E-state index in [9.17, 15) is 9.59 Å². The van der Waals surface area contributed by atoms with Crippen LogP contribution in [-0.2, 0) is 20.7 Å². The molecule has 2 aromatic rings. The van der Waals surface area contributed by atoms with Gasteiger partial charge in [-0.3, -0.25) is 9.59 Å². The summed E-state index contributed by atoms with van der Waals surface area (Å²) in [6.07, 6.45) is -0.565. The highest BCUT2D eigenvalue weighted by atomic mass is 16.5. The van der Waals surface area contributed by atoms with Gasteiger partial charge in [0.05, 0.1) is 41.2 Å². The van der Waals surface area contributed by atoms with Gasteiger partial charge in [0, 0.05) is 12.5 Å². The summed E-state index contributed by atoms with van der Waals surface area (Å²) in [5, 5.41) is 2.69. The van der Waals surface area contributed by atoms with Crippen molar-refractivity contribution < 1.29 is 38.0 Å². The molecule has 2 rings (SSSR count). The Morgan fingerprint density at radius 2 is 1.47 bits per heavy atom. The zero-order valence-corrected chi connectivity index (χ0v) is 19.1. The Kier molecular flexibility index (Phi) is 9.00. The molecule has 1 N–H and O–H groups in total. The minimum Gasteiger partial charge on any atom is -0.497 e. The molecule has 0 heterocycles. The molecule has 0 saturated heterocycles. The van der Waals surface area contributed by atoms with Crippen molar-refractivity contribution >= 4 is 17.6 Å². The molecule has 0 aliphatic heterocycles. The fraction of sp³-hybridized carbons (Fsp3) is 0.391. The summed E-state index contributed by atoms with van der Waals surface area (Å²) >= 11 is 0. The van der Waals surface area contributed by atoms with Crippen LogP contribution >= 0.6 is 0 Å². The van der Waals surface area contributed by atoms with Gasteiger partial charge in [-0.15, -0.1) is 0 Å². The first-order valence-corrected chi connectivity index (χ1v) is 9.88. The van der Waals surface area contributed by atoms with Crippen LogP contribution in [0.15, 0.2) is 30.3 Å². The molecule has 0 aliphatic carbocycles. The van der Waals surface area contributed by atoms with Gasteiger partial charge in [-0.05, 0) is 43.2 Å². The summed E-state index contributed by atoms with van der Waals surface area (Å²) in [5.41, 5.74) is 1.21.